The zero-order valence-corrected chi connectivity index (χ0v) is 11.1. The van der Waals surface area contributed by atoms with Gasteiger partial charge >= 0.3 is 5.97 Å². The Labute approximate surface area is 114 Å². The van der Waals surface area contributed by atoms with Crippen molar-refractivity contribution < 1.29 is 14.6 Å². The summed E-state index contributed by atoms with van der Waals surface area (Å²) in [4.78, 5) is 18.2. The first-order valence-corrected chi connectivity index (χ1v) is 7.07. The van der Waals surface area contributed by atoms with E-state index in [4.69, 9.17) is 9.84 Å². The Morgan fingerprint density at radius 3 is 3.16 bits per heavy atom. The number of hydrogen-bond acceptors (Lipinski definition) is 4. The highest BCUT2D eigenvalue weighted by atomic mass is 32.1. The van der Waals surface area contributed by atoms with Gasteiger partial charge in [-0.05, 0) is 18.9 Å². The highest BCUT2D eigenvalue weighted by Gasteiger charge is 2.20. The van der Waals surface area contributed by atoms with Crippen LogP contribution in [0.4, 0.5) is 0 Å². The molecule has 1 saturated heterocycles. The molecule has 100 valence electrons. The number of carboxylic acid groups (broad SMARTS) is 1. The molecule has 3 rings (SSSR count). The topological polar surface area (TPSA) is 75.2 Å². The van der Waals surface area contributed by atoms with Crippen LogP contribution in [0.1, 0.15) is 34.3 Å². The molecule has 2 aromatic rings. The molecular formula is C13H14N2O3S. The van der Waals surface area contributed by atoms with Gasteiger partial charge in [0, 0.05) is 29.7 Å². The SMILES string of the molecule is O=C(O)c1cc(-c2csc(C3CCCOC3)n2)c[nH]1. The van der Waals surface area contributed by atoms with E-state index in [1.54, 1.807) is 23.6 Å². The van der Waals surface area contributed by atoms with Crippen molar-refractivity contribution in [2.24, 2.45) is 0 Å². The molecule has 0 radical (unpaired) electrons. The number of ether oxygens (including phenoxy) is 1. The maximum Gasteiger partial charge on any atom is 0.352 e. The van der Waals surface area contributed by atoms with Crippen LogP contribution in [0, 0.1) is 0 Å². The predicted octanol–water partition coefficient (Wildman–Crippen LogP) is 2.73. The highest BCUT2D eigenvalue weighted by Crippen LogP contribution is 2.31. The fraction of sp³-hybridized carbons (Fsp3) is 0.385. The quantitative estimate of drug-likeness (QED) is 0.905. The minimum atomic E-state index is -0.956. The van der Waals surface area contributed by atoms with E-state index in [0.717, 1.165) is 42.3 Å². The van der Waals surface area contributed by atoms with E-state index in [0.29, 0.717) is 5.92 Å². The number of aromatic carboxylic acids is 1. The fourth-order valence-electron chi connectivity index (χ4n) is 2.21. The molecule has 1 aliphatic rings. The van der Waals surface area contributed by atoms with Crippen molar-refractivity contribution in [3.05, 3.63) is 28.3 Å². The molecule has 19 heavy (non-hydrogen) atoms. The normalized spacial score (nSPS) is 19.5. The van der Waals surface area contributed by atoms with E-state index in [2.05, 4.69) is 9.97 Å². The fourth-order valence-corrected chi connectivity index (χ4v) is 3.16. The average molecular weight is 278 g/mol. The van der Waals surface area contributed by atoms with Gasteiger partial charge in [0.2, 0.25) is 0 Å². The van der Waals surface area contributed by atoms with Crippen LogP contribution in [0.2, 0.25) is 0 Å². The number of rotatable bonds is 3. The molecule has 0 bridgehead atoms. The van der Waals surface area contributed by atoms with Crippen molar-refractivity contribution in [2.45, 2.75) is 18.8 Å². The Bertz CT molecular complexity index is 584. The van der Waals surface area contributed by atoms with Gasteiger partial charge in [-0.2, -0.15) is 0 Å². The van der Waals surface area contributed by atoms with Crippen molar-refractivity contribution in [3.63, 3.8) is 0 Å². The molecular weight excluding hydrogens is 264 g/mol. The van der Waals surface area contributed by atoms with E-state index in [1.165, 1.54) is 0 Å². The third kappa shape index (κ3) is 2.54. The van der Waals surface area contributed by atoms with E-state index < -0.39 is 5.97 Å². The average Bonchev–Trinajstić information content (AvgIpc) is 3.09. The van der Waals surface area contributed by atoms with Crippen LogP contribution >= 0.6 is 11.3 Å². The molecule has 5 nitrogen and oxygen atoms in total. The van der Waals surface area contributed by atoms with E-state index in [-0.39, 0.29) is 5.69 Å². The van der Waals surface area contributed by atoms with Crippen LogP contribution in [-0.4, -0.2) is 34.3 Å². The minimum absolute atomic E-state index is 0.186. The molecule has 0 saturated carbocycles. The molecule has 3 heterocycles. The van der Waals surface area contributed by atoms with Crippen molar-refractivity contribution in [1.82, 2.24) is 9.97 Å². The van der Waals surface area contributed by atoms with Gasteiger partial charge in [-0.25, -0.2) is 9.78 Å². The van der Waals surface area contributed by atoms with E-state index in [9.17, 15) is 4.79 Å². The first-order valence-electron chi connectivity index (χ1n) is 6.19. The highest BCUT2D eigenvalue weighted by molar-refractivity contribution is 7.10. The van der Waals surface area contributed by atoms with Crippen LogP contribution in [0.15, 0.2) is 17.6 Å². The second-order valence-electron chi connectivity index (χ2n) is 4.59. The number of aromatic nitrogens is 2. The number of carboxylic acids is 1. The van der Waals surface area contributed by atoms with Crippen LogP contribution in [0.5, 0.6) is 0 Å². The van der Waals surface area contributed by atoms with Gasteiger partial charge in [-0.15, -0.1) is 11.3 Å². The van der Waals surface area contributed by atoms with Gasteiger partial charge in [-0.3, -0.25) is 0 Å². The number of nitrogens with zero attached hydrogens (tertiary/aromatic N) is 1. The Balaban J connectivity index is 1.81. The lowest BCUT2D eigenvalue weighted by Gasteiger charge is -2.19. The van der Waals surface area contributed by atoms with Gasteiger partial charge in [0.25, 0.3) is 0 Å². The predicted molar refractivity (Wildman–Crippen MR) is 71.7 cm³/mol. The molecule has 1 unspecified atom stereocenters. The summed E-state index contributed by atoms with van der Waals surface area (Å²) >= 11 is 1.62. The third-order valence-electron chi connectivity index (χ3n) is 3.24. The molecule has 0 spiro atoms. The summed E-state index contributed by atoms with van der Waals surface area (Å²) in [5, 5.41) is 11.9. The van der Waals surface area contributed by atoms with Crippen LogP contribution < -0.4 is 0 Å². The van der Waals surface area contributed by atoms with Gasteiger partial charge in [-0.1, -0.05) is 0 Å². The van der Waals surface area contributed by atoms with Gasteiger partial charge < -0.3 is 14.8 Å². The van der Waals surface area contributed by atoms with Crippen LogP contribution in [0.25, 0.3) is 11.3 Å². The van der Waals surface area contributed by atoms with Crippen LogP contribution in [-0.2, 0) is 4.74 Å². The molecule has 2 aromatic heterocycles. The Hall–Kier alpha value is -1.66. The third-order valence-corrected chi connectivity index (χ3v) is 4.25. The first-order chi connectivity index (χ1) is 9.24. The zero-order valence-electron chi connectivity index (χ0n) is 10.3. The van der Waals surface area contributed by atoms with Gasteiger partial charge in [0.15, 0.2) is 0 Å². The zero-order chi connectivity index (χ0) is 13.2. The van der Waals surface area contributed by atoms with Crippen molar-refractivity contribution in [2.75, 3.05) is 13.2 Å². The second-order valence-corrected chi connectivity index (χ2v) is 5.48. The standard InChI is InChI=1S/C13H14N2O3S/c16-13(17)10-4-9(5-14-10)11-7-19-12(15-11)8-2-1-3-18-6-8/h4-5,7-8,14H,1-3,6H2,(H,16,17). The number of H-pyrrole nitrogens is 1. The van der Waals surface area contributed by atoms with E-state index >= 15 is 0 Å². The van der Waals surface area contributed by atoms with Crippen molar-refractivity contribution in [1.29, 1.82) is 0 Å². The molecule has 2 N–H and O–H groups in total. The number of nitrogens with one attached hydrogen (secondary N) is 1. The molecule has 0 amide bonds. The van der Waals surface area contributed by atoms with Gasteiger partial charge in [0.1, 0.15) is 5.69 Å². The van der Waals surface area contributed by atoms with Crippen LogP contribution in [0.3, 0.4) is 0 Å². The monoisotopic (exact) mass is 278 g/mol. The molecule has 1 aliphatic heterocycles. The molecule has 0 aliphatic carbocycles. The summed E-state index contributed by atoms with van der Waals surface area (Å²) in [7, 11) is 0. The number of thiazole rings is 1. The summed E-state index contributed by atoms with van der Waals surface area (Å²) < 4.78 is 5.47. The maximum absolute atomic E-state index is 10.8. The lowest BCUT2D eigenvalue weighted by molar-refractivity contribution is 0.0691. The Morgan fingerprint density at radius 1 is 1.58 bits per heavy atom. The summed E-state index contributed by atoms with van der Waals surface area (Å²) in [6, 6.07) is 1.61. The Kier molecular flexibility index (Phi) is 3.35. The summed E-state index contributed by atoms with van der Waals surface area (Å²) in [6.07, 6.45) is 3.87. The summed E-state index contributed by atoms with van der Waals surface area (Å²) in [6.45, 7) is 1.58. The lowest BCUT2D eigenvalue weighted by atomic mass is 10.0. The van der Waals surface area contributed by atoms with E-state index in [1.807, 2.05) is 5.38 Å². The Morgan fingerprint density at radius 2 is 2.47 bits per heavy atom. The molecule has 1 fully saturated rings. The molecule has 1 atom stereocenters. The number of aromatic amines is 1. The smallest absolute Gasteiger partial charge is 0.352 e. The summed E-state index contributed by atoms with van der Waals surface area (Å²) in [5.74, 6) is -0.576. The lowest BCUT2D eigenvalue weighted by Crippen LogP contribution is -2.15. The van der Waals surface area contributed by atoms with Gasteiger partial charge in [0.05, 0.1) is 17.3 Å². The minimum Gasteiger partial charge on any atom is -0.477 e. The molecule has 6 heteroatoms. The maximum atomic E-state index is 10.8. The van der Waals surface area contributed by atoms with Crippen molar-refractivity contribution in [3.8, 4) is 11.3 Å². The second kappa shape index (κ2) is 5.14. The largest absolute Gasteiger partial charge is 0.477 e. The number of hydrogen-bond donors (Lipinski definition) is 2. The van der Waals surface area contributed by atoms with Crippen molar-refractivity contribution >= 4 is 17.3 Å². The summed E-state index contributed by atoms with van der Waals surface area (Å²) in [5.41, 5.74) is 1.83. The number of carbonyl (C=O) groups is 1. The molecule has 0 aromatic carbocycles. The first kappa shape index (κ1) is 12.4.